The lowest BCUT2D eigenvalue weighted by Gasteiger charge is -2.30. The highest BCUT2D eigenvalue weighted by atomic mass is 32.2. The number of rotatable bonds is 2. The Morgan fingerprint density at radius 2 is 1.88 bits per heavy atom. The van der Waals surface area contributed by atoms with Crippen LogP contribution in [0.25, 0.3) is 0 Å². The Kier molecular flexibility index (Phi) is 7.45. The monoisotopic (exact) mass is 246 g/mol. The Morgan fingerprint density at radius 3 is 2.56 bits per heavy atom. The zero-order chi connectivity index (χ0) is 11.8. The smallest absolute Gasteiger partial charge is 0.0947 e. The zero-order valence-corrected chi connectivity index (χ0v) is 11.5. The van der Waals surface area contributed by atoms with Crippen molar-refractivity contribution in [3.63, 3.8) is 0 Å². The number of nitrogens with zero attached hydrogens (tertiary/aromatic N) is 2. The fourth-order valence-corrected chi connectivity index (χ4v) is 2.78. The molecule has 16 heavy (non-hydrogen) atoms. The highest BCUT2D eigenvalue weighted by Gasteiger charge is 2.16. The van der Waals surface area contributed by atoms with Gasteiger partial charge in [0.1, 0.15) is 0 Å². The molecule has 1 saturated heterocycles. The van der Waals surface area contributed by atoms with Crippen LogP contribution in [0.1, 0.15) is 51.9 Å². The lowest BCUT2D eigenvalue weighted by Crippen LogP contribution is -2.38. The largest absolute Gasteiger partial charge is 0.316 e. The van der Waals surface area contributed by atoms with Crippen molar-refractivity contribution in [2.45, 2.75) is 51.9 Å². The van der Waals surface area contributed by atoms with Crippen LogP contribution >= 0.6 is 12.2 Å². The normalized spacial score (nSPS) is 27.6. The van der Waals surface area contributed by atoms with E-state index in [4.69, 9.17) is 0 Å². The molecular weight excluding hydrogens is 220 g/mol. The van der Waals surface area contributed by atoms with E-state index in [0.717, 1.165) is 31.2 Å². The molecule has 0 saturated carbocycles. The van der Waals surface area contributed by atoms with Gasteiger partial charge in [0.2, 0.25) is 0 Å². The maximum Gasteiger partial charge on any atom is 0.0947 e. The summed E-state index contributed by atoms with van der Waals surface area (Å²) >= 11 is 0.871. The maximum absolute atomic E-state index is 9.27. The first kappa shape index (κ1) is 14.3. The van der Waals surface area contributed by atoms with Gasteiger partial charge in [0, 0.05) is 20.1 Å². The van der Waals surface area contributed by atoms with E-state index in [1.807, 2.05) is 4.41 Å². The molecule has 1 heterocycles. The zero-order valence-electron chi connectivity index (χ0n) is 10.7. The quantitative estimate of drug-likeness (QED) is 0.594. The molecule has 0 aliphatic carbocycles. The third kappa shape index (κ3) is 5.04. The predicted octanol–water partition coefficient (Wildman–Crippen LogP) is 3.64. The van der Waals surface area contributed by atoms with Crippen LogP contribution in [0.15, 0.2) is 0 Å². The summed E-state index contributed by atoms with van der Waals surface area (Å²) in [5.41, 5.74) is 0. The van der Waals surface area contributed by atoms with Gasteiger partial charge in [-0.1, -0.05) is 39.0 Å². The van der Waals surface area contributed by atoms with Gasteiger partial charge in [0.05, 0.1) is 12.2 Å². The molecule has 3 nitrogen and oxygen atoms in total. The molecule has 0 radical (unpaired) electrons. The van der Waals surface area contributed by atoms with Crippen LogP contribution in [-0.4, -0.2) is 34.1 Å². The van der Waals surface area contributed by atoms with Crippen LogP contribution in [0.4, 0.5) is 0 Å². The number of hydrazine groups is 1. The first-order valence-electron chi connectivity index (χ1n) is 6.58. The summed E-state index contributed by atoms with van der Waals surface area (Å²) in [4.78, 5) is 0. The Labute approximate surface area is 104 Å². The molecule has 1 unspecified atom stereocenters. The Bertz CT molecular complexity index is 180. The van der Waals surface area contributed by atoms with Crippen molar-refractivity contribution in [2.24, 2.45) is 5.92 Å². The van der Waals surface area contributed by atoms with Crippen LogP contribution < -0.4 is 0 Å². The van der Waals surface area contributed by atoms with Crippen molar-refractivity contribution in [2.75, 3.05) is 20.1 Å². The standard InChI is InChI=1S/C12H26N2OS/c1-3-12-9-7-5-4-6-8-10-14(16-15)13(2)11-12/h12,15H,3-11H2,1-2H3. The fourth-order valence-electron chi connectivity index (χ4n) is 2.37. The van der Waals surface area contributed by atoms with Gasteiger partial charge >= 0.3 is 0 Å². The second-order valence-electron chi connectivity index (χ2n) is 4.83. The molecule has 1 aliphatic rings. The SMILES string of the molecule is CCC1CCCCCCCN(SO)N(C)C1. The fraction of sp³-hybridized carbons (Fsp3) is 1.00. The molecule has 1 atom stereocenters. The van der Waals surface area contributed by atoms with E-state index in [1.54, 1.807) is 0 Å². The summed E-state index contributed by atoms with van der Waals surface area (Å²) in [6.45, 7) is 4.31. The van der Waals surface area contributed by atoms with E-state index in [-0.39, 0.29) is 0 Å². The molecule has 0 aromatic carbocycles. The van der Waals surface area contributed by atoms with E-state index in [0.29, 0.717) is 0 Å². The van der Waals surface area contributed by atoms with Crippen LogP contribution in [0, 0.1) is 5.92 Å². The van der Waals surface area contributed by atoms with Crippen molar-refractivity contribution in [3.05, 3.63) is 0 Å². The average molecular weight is 246 g/mol. The Balaban J connectivity index is 2.49. The van der Waals surface area contributed by atoms with Crippen LogP contribution in [0.5, 0.6) is 0 Å². The molecule has 1 fully saturated rings. The summed E-state index contributed by atoms with van der Waals surface area (Å²) in [5.74, 6) is 0.776. The lowest BCUT2D eigenvalue weighted by atomic mass is 9.98. The van der Waals surface area contributed by atoms with E-state index in [1.165, 1.54) is 44.9 Å². The first-order chi connectivity index (χ1) is 7.77. The molecular formula is C12H26N2OS. The lowest BCUT2D eigenvalue weighted by molar-refractivity contribution is 0.0754. The minimum Gasteiger partial charge on any atom is -0.316 e. The minimum absolute atomic E-state index is 0.776. The van der Waals surface area contributed by atoms with E-state index in [9.17, 15) is 4.55 Å². The summed E-state index contributed by atoms with van der Waals surface area (Å²) in [6.07, 6.45) is 9.17. The van der Waals surface area contributed by atoms with Gasteiger partial charge in [0.15, 0.2) is 0 Å². The minimum atomic E-state index is 0.776. The second-order valence-corrected chi connectivity index (χ2v) is 5.41. The third-order valence-corrected chi connectivity index (χ3v) is 4.19. The molecule has 1 rings (SSSR count). The van der Waals surface area contributed by atoms with Gasteiger partial charge < -0.3 is 4.55 Å². The molecule has 0 spiro atoms. The average Bonchev–Trinajstić information content (AvgIpc) is 2.33. The maximum atomic E-state index is 9.27. The van der Waals surface area contributed by atoms with Gasteiger partial charge in [-0.2, -0.15) is 4.41 Å². The summed E-state index contributed by atoms with van der Waals surface area (Å²) in [6, 6.07) is 0. The van der Waals surface area contributed by atoms with Gasteiger partial charge in [-0.25, -0.2) is 5.01 Å². The van der Waals surface area contributed by atoms with E-state index < -0.39 is 0 Å². The summed E-state index contributed by atoms with van der Waals surface area (Å²) in [5, 5.41) is 2.18. The van der Waals surface area contributed by atoms with Crippen molar-refractivity contribution in [1.82, 2.24) is 9.42 Å². The van der Waals surface area contributed by atoms with Crippen molar-refractivity contribution >= 4 is 12.2 Å². The second kappa shape index (κ2) is 8.34. The number of hydrogen-bond acceptors (Lipinski definition) is 4. The van der Waals surface area contributed by atoms with Crippen LogP contribution in [0.2, 0.25) is 0 Å². The predicted molar refractivity (Wildman–Crippen MR) is 71.0 cm³/mol. The Morgan fingerprint density at radius 1 is 1.19 bits per heavy atom. The van der Waals surface area contributed by atoms with Gasteiger partial charge in [-0.05, 0) is 18.8 Å². The van der Waals surface area contributed by atoms with Crippen molar-refractivity contribution in [3.8, 4) is 0 Å². The van der Waals surface area contributed by atoms with Gasteiger partial charge in [-0.3, -0.25) is 0 Å². The molecule has 4 heteroatoms. The van der Waals surface area contributed by atoms with Crippen molar-refractivity contribution < 1.29 is 4.55 Å². The number of hydrogen-bond donors (Lipinski definition) is 1. The van der Waals surface area contributed by atoms with Crippen molar-refractivity contribution in [1.29, 1.82) is 0 Å². The van der Waals surface area contributed by atoms with Crippen LogP contribution in [0.3, 0.4) is 0 Å². The topological polar surface area (TPSA) is 26.7 Å². The molecule has 96 valence electrons. The van der Waals surface area contributed by atoms with Crippen LogP contribution in [-0.2, 0) is 0 Å². The molecule has 0 bridgehead atoms. The van der Waals surface area contributed by atoms with Gasteiger partial charge in [0.25, 0.3) is 0 Å². The highest BCUT2D eigenvalue weighted by molar-refractivity contribution is 7.91. The summed E-state index contributed by atoms with van der Waals surface area (Å²) < 4.78 is 11.3. The van der Waals surface area contributed by atoms with E-state index >= 15 is 0 Å². The van der Waals surface area contributed by atoms with Gasteiger partial charge in [-0.15, -0.1) is 0 Å². The highest BCUT2D eigenvalue weighted by Crippen LogP contribution is 2.20. The summed E-state index contributed by atoms with van der Waals surface area (Å²) in [7, 11) is 2.09. The first-order valence-corrected chi connectivity index (χ1v) is 7.31. The molecule has 0 aromatic rings. The molecule has 0 amide bonds. The third-order valence-electron chi connectivity index (χ3n) is 3.54. The Hall–Kier alpha value is 0.230. The van der Waals surface area contributed by atoms with E-state index in [2.05, 4.69) is 19.0 Å². The molecule has 1 aliphatic heterocycles. The molecule has 1 N–H and O–H groups in total. The molecule has 0 aromatic heterocycles.